The highest BCUT2D eigenvalue weighted by atomic mass is 32.2. The summed E-state index contributed by atoms with van der Waals surface area (Å²) in [5, 5.41) is 8.59. The van der Waals surface area contributed by atoms with E-state index in [0.29, 0.717) is 12.0 Å². The first-order valence-corrected chi connectivity index (χ1v) is 9.14. The zero-order chi connectivity index (χ0) is 16.9. The van der Waals surface area contributed by atoms with Crippen LogP contribution in [0.5, 0.6) is 0 Å². The Kier molecular flexibility index (Phi) is 12.9. The molecular weight excluding hydrogens is 288 g/mol. The molecule has 0 bridgehead atoms. The fourth-order valence-corrected chi connectivity index (χ4v) is 2.90. The zero-order valence-electron chi connectivity index (χ0n) is 13.7. The van der Waals surface area contributed by atoms with Crippen LogP contribution in [0.4, 0.5) is 0 Å². The maximum absolute atomic E-state index is 11.8. The molecule has 4 nitrogen and oxygen atoms in total. The van der Waals surface area contributed by atoms with Crippen molar-refractivity contribution in [3.63, 3.8) is 0 Å². The SMILES string of the molecule is CC.CC.CCCCS(=O)(=O)c1ccc(CC(=O)O)cc1. The highest BCUT2D eigenvalue weighted by molar-refractivity contribution is 7.91. The average molecular weight is 316 g/mol. The predicted octanol–water partition coefficient (Wildman–Crippen LogP) is 3.94. The summed E-state index contributed by atoms with van der Waals surface area (Å²) in [5.74, 6) is -0.784. The summed E-state index contributed by atoms with van der Waals surface area (Å²) in [5.41, 5.74) is 0.604. The molecule has 0 saturated heterocycles. The number of hydrogen-bond donors (Lipinski definition) is 1. The number of sulfone groups is 1. The van der Waals surface area contributed by atoms with Crippen LogP contribution in [0, 0.1) is 0 Å². The van der Waals surface area contributed by atoms with E-state index in [1.807, 2.05) is 34.6 Å². The summed E-state index contributed by atoms with van der Waals surface area (Å²) in [7, 11) is -3.22. The number of carboxylic acid groups (broad SMARTS) is 1. The van der Waals surface area contributed by atoms with Crippen LogP contribution in [-0.2, 0) is 21.1 Å². The number of benzene rings is 1. The number of rotatable bonds is 6. The zero-order valence-corrected chi connectivity index (χ0v) is 14.5. The van der Waals surface area contributed by atoms with Crippen molar-refractivity contribution in [2.24, 2.45) is 0 Å². The Morgan fingerprint density at radius 3 is 1.90 bits per heavy atom. The molecule has 0 aliphatic carbocycles. The molecule has 0 aromatic heterocycles. The molecule has 0 spiro atoms. The molecule has 1 rings (SSSR count). The average Bonchev–Trinajstić information content (AvgIpc) is 2.49. The second kappa shape index (κ2) is 12.4. The van der Waals surface area contributed by atoms with Crippen molar-refractivity contribution in [3.8, 4) is 0 Å². The van der Waals surface area contributed by atoms with Gasteiger partial charge in [0.05, 0.1) is 17.1 Å². The fourth-order valence-electron chi connectivity index (χ4n) is 1.44. The van der Waals surface area contributed by atoms with Crippen LogP contribution in [-0.4, -0.2) is 25.2 Å². The van der Waals surface area contributed by atoms with E-state index in [9.17, 15) is 13.2 Å². The number of hydrogen-bond acceptors (Lipinski definition) is 3. The molecule has 0 fully saturated rings. The van der Waals surface area contributed by atoms with Crippen molar-refractivity contribution >= 4 is 15.8 Å². The monoisotopic (exact) mass is 316 g/mol. The van der Waals surface area contributed by atoms with Crippen molar-refractivity contribution in [2.45, 2.75) is 58.8 Å². The lowest BCUT2D eigenvalue weighted by Crippen LogP contribution is -2.07. The van der Waals surface area contributed by atoms with Crippen LogP contribution < -0.4 is 0 Å². The summed E-state index contributed by atoms with van der Waals surface area (Å²) < 4.78 is 23.6. The molecule has 0 atom stereocenters. The van der Waals surface area contributed by atoms with Gasteiger partial charge in [0, 0.05) is 0 Å². The molecule has 1 N–H and O–H groups in total. The number of carboxylic acids is 1. The van der Waals surface area contributed by atoms with E-state index in [-0.39, 0.29) is 17.1 Å². The van der Waals surface area contributed by atoms with Crippen LogP contribution >= 0.6 is 0 Å². The smallest absolute Gasteiger partial charge is 0.307 e. The molecule has 21 heavy (non-hydrogen) atoms. The highest BCUT2D eigenvalue weighted by Crippen LogP contribution is 2.14. The molecule has 0 heterocycles. The quantitative estimate of drug-likeness (QED) is 0.863. The van der Waals surface area contributed by atoms with Crippen molar-refractivity contribution in [1.82, 2.24) is 0 Å². The molecule has 0 unspecified atom stereocenters. The van der Waals surface area contributed by atoms with Gasteiger partial charge in [-0.3, -0.25) is 4.79 Å². The van der Waals surface area contributed by atoms with E-state index >= 15 is 0 Å². The van der Waals surface area contributed by atoms with E-state index in [0.717, 1.165) is 6.42 Å². The number of aliphatic carboxylic acids is 1. The van der Waals surface area contributed by atoms with Crippen LogP contribution in [0.1, 0.15) is 53.0 Å². The third-order valence-electron chi connectivity index (χ3n) is 2.40. The number of unbranched alkanes of at least 4 members (excludes halogenated alkanes) is 1. The fraction of sp³-hybridized carbons (Fsp3) is 0.562. The predicted molar refractivity (Wildman–Crippen MR) is 87.4 cm³/mol. The molecule has 0 radical (unpaired) electrons. The van der Waals surface area contributed by atoms with Crippen molar-refractivity contribution in [1.29, 1.82) is 0 Å². The first kappa shape index (κ1) is 21.9. The maximum atomic E-state index is 11.8. The molecule has 0 aliphatic heterocycles. The molecule has 5 heteroatoms. The standard InChI is InChI=1S/C12H16O4S.2C2H6/c1-2-3-8-17(15,16)11-6-4-10(5-7-11)9-12(13)14;2*1-2/h4-7H,2-3,8-9H2,1H3,(H,13,14);2*1-2H3. The Morgan fingerprint density at radius 2 is 1.52 bits per heavy atom. The normalized spacial score (nSPS) is 9.76. The van der Waals surface area contributed by atoms with E-state index in [2.05, 4.69) is 0 Å². The van der Waals surface area contributed by atoms with Gasteiger partial charge in [0.1, 0.15) is 0 Å². The summed E-state index contributed by atoms with van der Waals surface area (Å²) in [6.45, 7) is 9.94. The van der Waals surface area contributed by atoms with E-state index in [4.69, 9.17) is 5.11 Å². The minimum absolute atomic E-state index is 0.0880. The van der Waals surface area contributed by atoms with Gasteiger partial charge in [0.15, 0.2) is 9.84 Å². The Hall–Kier alpha value is -1.36. The summed E-state index contributed by atoms with van der Waals surface area (Å²) in [6.07, 6.45) is 1.38. The molecule has 0 amide bonds. The molecule has 1 aromatic rings. The van der Waals surface area contributed by atoms with Gasteiger partial charge in [0.25, 0.3) is 0 Å². The Labute approximate surface area is 129 Å². The van der Waals surface area contributed by atoms with Crippen LogP contribution in [0.25, 0.3) is 0 Å². The highest BCUT2D eigenvalue weighted by Gasteiger charge is 2.13. The molecule has 122 valence electrons. The van der Waals surface area contributed by atoms with Gasteiger partial charge >= 0.3 is 5.97 Å². The third-order valence-corrected chi connectivity index (χ3v) is 4.22. The summed E-state index contributed by atoms with van der Waals surface area (Å²) in [4.78, 5) is 10.7. The minimum Gasteiger partial charge on any atom is -0.481 e. The lowest BCUT2D eigenvalue weighted by Gasteiger charge is -2.04. The second-order valence-electron chi connectivity index (χ2n) is 3.89. The van der Waals surface area contributed by atoms with Gasteiger partial charge in [-0.05, 0) is 24.1 Å². The van der Waals surface area contributed by atoms with Crippen LogP contribution in [0.3, 0.4) is 0 Å². The Bertz CT molecular complexity index is 476. The maximum Gasteiger partial charge on any atom is 0.307 e. The molecule has 0 saturated carbocycles. The van der Waals surface area contributed by atoms with Crippen molar-refractivity contribution < 1.29 is 18.3 Å². The first-order valence-electron chi connectivity index (χ1n) is 7.49. The minimum atomic E-state index is -3.22. The van der Waals surface area contributed by atoms with Gasteiger partial charge in [0.2, 0.25) is 0 Å². The molecule has 0 aliphatic rings. The van der Waals surface area contributed by atoms with E-state index in [1.54, 1.807) is 12.1 Å². The summed E-state index contributed by atoms with van der Waals surface area (Å²) in [6, 6.07) is 6.05. The van der Waals surface area contributed by atoms with Gasteiger partial charge < -0.3 is 5.11 Å². The first-order chi connectivity index (χ1) is 9.95. The van der Waals surface area contributed by atoms with Crippen molar-refractivity contribution in [2.75, 3.05) is 5.75 Å². The van der Waals surface area contributed by atoms with Crippen LogP contribution in [0.15, 0.2) is 29.2 Å². The number of carbonyl (C=O) groups is 1. The summed E-state index contributed by atoms with van der Waals surface area (Å²) >= 11 is 0. The second-order valence-corrected chi connectivity index (χ2v) is 6.00. The molecular formula is C16H28O4S. The topological polar surface area (TPSA) is 71.4 Å². The van der Waals surface area contributed by atoms with Gasteiger partial charge in [-0.2, -0.15) is 0 Å². The molecule has 1 aromatic carbocycles. The lowest BCUT2D eigenvalue weighted by atomic mass is 10.2. The largest absolute Gasteiger partial charge is 0.481 e. The Balaban J connectivity index is 0. The van der Waals surface area contributed by atoms with E-state index < -0.39 is 15.8 Å². The van der Waals surface area contributed by atoms with Crippen LogP contribution in [0.2, 0.25) is 0 Å². The Morgan fingerprint density at radius 1 is 1.05 bits per heavy atom. The van der Waals surface area contributed by atoms with Gasteiger partial charge in [-0.25, -0.2) is 8.42 Å². The van der Waals surface area contributed by atoms with E-state index in [1.165, 1.54) is 12.1 Å². The van der Waals surface area contributed by atoms with Gasteiger partial charge in [-0.15, -0.1) is 0 Å². The van der Waals surface area contributed by atoms with Gasteiger partial charge in [-0.1, -0.05) is 53.2 Å². The van der Waals surface area contributed by atoms with Crippen molar-refractivity contribution in [3.05, 3.63) is 29.8 Å². The lowest BCUT2D eigenvalue weighted by molar-refractivity contribution is -0.136. The third kappa shape index (κ3) is 9.24.